The fourth-order valence-electron chi connectivity index (χ4n) is 4.00. The maximum atomic E-state index is 13.8. The van der Waals surface area contributed by atoms with Gasteiger partial charge in [-0.25, -0.2) is 14.0 Å². The maximum Gasteiger partial charge on any atom is 0.338 e. The van der Waals surface area contributed by atoms with Crippen molar-refractivity contribution in [1.82, 2.24) is 15.5 Å². The lowest BCUT2D eigenvalue weighted by Gasteiger charge is -2.35. The predicted molar refractivity (Wildman–Crippen MR) is 110 cm³/mol. The first-order valence-corrected chi connectivity index (χ1v) is 10.5. The van der Waals surface area contributed by atoms with E-state index in [-0.39, 0.29) is 30.6 Å². The number of carbonyl (C=O) groups is 3. The molecule has 0 aliphatic carbocycles. The summed E-state index contributed by atoms with van der Waals surface area (Å²) < 4.78 is 24.2. The van der Waals surface area contributed by atoms with Crippen molar-refractivity contribution < 1.29 is 28.2 Å². The monoisotopic (exact) mass is 433 g/mol. The number of nitrogens with zero attached hydrogens (tertiary/aromatic N) is 1. The SMILES string of the molecule is CCOC(=O)C1=C(CN2CCC[C@H](C(=O)OCC)C2)NC(=O)N[C@@H]1c1cccc(F)c1. The normalized spacial score (nSPS) is 21.8. The van der Waals surface area contributed by atoms with Crippen LogP contribution in [0, 0.1) is 11.7 Å². The number of benzene rings is 1. The molecular weight excluding hydrogens is 405 g/mol. The van der Waals surface area contributed by atoms with Gasteiger partial charge in [-0.15, -0.1) is 0 Å². The molecule has 0 saturated carbocycles. The van der Waals surface area contributed by atoms with Gasteiger partial charge in [0.1, 0.15) is 5.82 Å². The largest absolute Gasteiger partial charge is 0.466 e. The van der Waals surface area contributed by atoms with Crippen molar-refractivity contribution in [3.05, 3.63) is 46.9 Å². The van der Waals surface area contributed by atoms with Crippen LogP contribution in [-0.4, -0.2) is 55.7 Å². The Morgan fingerprint density at radius 2 is 2.00 bits per heavy atom. The standard InChI is InChI=1S/C22H28FN3O5/c1-3-30-20(27)15-8-6-10-26(12-15)13-17-18(21(28)31-4-2)19(25-22(29)24-17)14-7-5-9-16(23)11-14/h5,7,9,11,15,19H,3-4,6,8,10,12-13H2,1-2H3,(H2,24,25,29)/t15-,19+/m0/s1. The fourth-order valence-corrected chi connectivity index (χ4v) is 4.00. The molecule has 0 spiro atoms. The van der Waals surface area contributed by atoms with Crippen molar-refractivity contribution in [3.63, 3.8) is 0 Å². The third kappa shape index (κ3) is 5.61. The Morgan fingerprint density at radius 3 is 2.71 bits per heavy atom. The van der Waals surface area contributed by atoms with Crippen LogP contribution in [0.4, 0.5) is 9.18 Å². The third-order valence-corrected chi connectivity index (χ3v) is 5.34. The van der Waals surface area contributed by atoms with Crippen LogP contribution in [0.2, 0.25) is 0 Å². The number of likely N-dealkylation sites (tertiary alicyclic amines) is 1. The number of carbonyl (C=O) groups excluding carboxylic acids is 3. The molecule has 2 aliphatic heterocycles. The van der Waals surface area contributed by atoms with Gasteiger partial charge < -0.3 is 20.1 Å². The molecule has 3 rings (SSSR count). The van der Waals surface area contributed by atoms with Crippen LogP contribution in [-0.2, 0) is 19.1 Å². The number of hydrogen-bond donors (Lipinski definition) is 2. The van der Waals surface area contributed by atoms with E-state index in [9.17, 15) is 18.8 Å². The number of rotatable bonds is 7. The smallest absolute Gasteiger partial charge is 0.338 e. The Morgan fingerprint density at radius 1 is 1.23 bits per heavy atom. The summed E-state index contributed by atoms with van der Waals surface area (Å²) in [7, 11) is 0. The summed E-state index contributed by atoms with van der Waals surface area (Å²) in [6.07, 6.45) is 1.53. The molecule has 1 fully saturated rings. The molecule has 9 heteroatoms. The average molecular weight is 433 g/mol. The molecule has 1 aromatic carbocycles. The molecule has 2 N–H and O–H groups in total. The highest BCUT2D eigenvalue weighted by Crippen LogP contribution is 2.29. The van der Waals surface area contributed by atoms with Crippen LogP contribution in [0.1, 0.15) is 38.3 Å². The van der Waals surface area contributed by atoms with E-state index >= 15 is 0 Å². The second-order valence-electron chi connectivity index (χ2n) is 7.53. The number of hydrogen-bond acceptors (Lipinski definition) is 6. The number of nitrogens with one attached hydrogen (secondary N) is 2. The van der Waals surface area contributed by atoms with Gasteiger partial charge in [0, 0.05) is 18.8 Å². The minimum atomic E-state index is -0.843. The summed E-state index contributed by atoms with van der Waals surface area (Å²) in [5.74, 6) is -1.54. The Kier molecular flexibility index (Phi) is 7.62. The summed E-state index contributed by atoms with van der Waals surface area (Å²) in [6.45, 7) is 5.38. The number of piperidine rings is 1. The van der Waals surface area contributed by atoms with E-state index in [0.29, 0.717) is 31.0 Å². The number of urea groups is 1. The highest BCUT2D eigenvalue weighted by Gasteiger charge is 2.35. The molecule has 8 nitrogen and oxygen atoms in total. The van der Waals surface area contributed by atoms with Crippen LogP contribution in [0.3, 0.4) is 0 Å². The van der Waals surface area contributed by atoms with Crippen molar-refractivity contribution >= 4 is 18.0 Å². The van der Waals surface area contributed by atoms with Crippen LogP contribution in [0.15, 0.2) is 35.5 Å². The molecule has 1 saturated heterocycles. The molecule has 31 heavy (non-hydrogen) atoms. The summed E-state index contributed by atoms with van der Waals surface area (Å²) in [4.78, 5) is 39.4. The zero-order valence-corrected chi connectivity index (χ0v) is 17.8. The summed E-state index contributed by atoms with van der Waals surface area (Å²) in [6, 6.07) is 4.42. The summed E-state index contributed by atoms with van der Waals surface area (Å²) in [5.41, 5.74) is 1.06. The highest BCUT2D eigenvalue weighted by atomic mass is 19.1. The molecule has 2 heterocycles. The number of amides is 2. The first kappa shape index (κ1) is 22.7. The van der Waals surface area contributed by atoms with E-state index < -0.39 is 23.9 Å². The molecule has 0 bridgehead atoms. The van der Waals surface area contributed by atoms with Crippen molar-refractivity contribution in [1.29, 1.82) is 0 Å². The molecule has 0 unspecified atom stereocenters. The second-order valence-corrected chi connectivity index (χ2v) is 7.53. The molecule has 2 amide bonds. The third-order valence-electron chi connectivity index (χ3n) is 5.34. The number of esters is 2. The highest BCUT2D eigenvalue weighted by molar-refractivity contribution is 5.95. The Balaban J connectivity index is 1.91. The summed E-state index contributed by atoms with van der Waals surface area (Å²) in [5, 5.41) is 5.41. The first-order valence-electron chi connectivity index (χ1n) is 10.5. The van der Waals surface area contributed by atoms with Crippen LogP contribution >= 0.6 is 0 Å². The topological polar surface area (TPSA) is 97.0 Å². The Labute approximate surface area is 180 Å². The van der Waals surface area contributed by atoms with Crippen molar-refractivity contribution in [2.24, 2.45) is 5.92 Å². The summed E-state index contributed by atoms with van der Waals surface area (Å²) >= 11 is 0. The minimum Gasteiger partial charge on any atom is -0.466 e. The van der Waals surface area contributed by atoms with Gasteiger partial charge >= 0.3 is 18.0 Å². The Bertz CT molecular complexity index is 872. The molecule has 2 aliphatic rings. The number of halogens is 1. The predicted octanol–water partition coefficient (Wildman–Crippen LogP) is 2.27. The van der Waals surface area contributed by atoms with Crippen LogP contribution in [0.25, 0.3) is 0 Å². The lowest BCUT2D eigenvalue weighted by Crippen LogP contribution is -2.50. The van der Waals surface area contributed by atoms with Gasteiger partial charge in [-0.3, -0.25) is 9.69 Å². The van der Waals surface area contributed by atoms with Gasteiger partial charge in [-0.1, -0.05) is 12.1 Å². The van der Waals surface area contributed by atoms with Crippen molar-refractivity contribution in [2.45, 2.75) is 32.7 Å². The van der Waals surface area contributed by atoms with Gasteiger partial charge in [-0.2, -0.15) is 0 Å². The van der Waals surface area contributed by atoms with Gasteiger partial charge in [0.2, 0.25) is 0 Å². The molecule has 0 aromatic heterocycles. The van der Waals surface area contributed by atoms with Gasteiger partial charge in [0.05, 0.1) is 30.7 Å². The van der Waals surface area contributed by atoms with E-state index in [0.717, 1.165) is 12.8 Å². The first-order chi connectivity index (χ1) is 14.9. The maximum absolute atomic E-state index is 13.8. The number of ether oxygens (including phenoxy) is 2. The lowest BCUT2D eigenvalue weighted by molar-refractivity contribution is -0.150. The van der Waals surface area contributed by atoms with Gasteiger partial charge in [0.25, 0.3) is 0 Å². The zero-order valence-electron chi connectivity index (χ0n) is 17.8. The second kappa shape index (κ2) is 10.4. The molecule has 2 atom stereocenters. The van der Waals surface area contributed by atoms with Crippen molar-refractivity contribution in [3.8, 4) is 0 Å². The quantitative estimate of drug-likeness (QED) is 0.641. The Hall–Kier alpha value is -2.94. The molecule has 168 valence electrons. The van der Waals surface area contributed by atoms with E-state index in [1.807, 2.05) is 4.90 Å². The fraction of sp³-hybridized carbons (Fsp3) is 0.500. The van der Waals surface area contributed by atoms with Crippen LogP contribution in [0.5, 0.6) is 0 Å². The van der Waals surface area contributed by atoms with Gasteiger partial charge in [0.15, 0.2) is 0 Å². The molecule has 0 radical (unpaired) electrons. The minimum absolute atomic E-state index is 0.161. The van der Waals surface area contributed by atoms with E-state index in [1.54, 1.807) is 19.9 Å². The van der Waals surface area contributed by atoms with Crippen LogP contribution < -0.4 is 10.6 Å². The molecule has 1 aromatic rings. The van der Waals surface area contributed by atoms with E-state index in [4.69, 9.17) is 9.47 Å². The van der Waals surface area contributed by atoms with Gasteiger partial charge in [-0.05, 0) is 50.9 Å². The van der Waals surface area contributed by atoms with E-state index in [2.05, 4.69) is 10.6 Å². The average Bonchev–Trinajstić information content (AvgIpc) is 2.74. The molecular formula is C22H28FN3O5. The zero-order chi connectivity index (χ0) is 22.4. The lowest BCUT2D eigenvalue weighted by atomic mass is 9.93. The van der Waals surface area contributed by atoms with E-state index in [1.165, 1.54) is 18.2 Å². The van der Waals surface area contributed by atoms with Crippen molar-refractivity contribution in [2.75, 3.05) is 32.8 Å².